The van der Waals surface area contributed by atoms with Gasteiger partial charge < -0.3 is 14.9 Å². The van der Waals surface area contributed by atoms with Crippen molar-refractivity contribution >= 4 is 0 Å². The number of hydrogen-bond donors (Lipinski definition) is 3. The average Bonchev–Trinajstić information content (AvgIpc) is 2.42. The second-order valence-corrected chi connectivity index (χ2v) is 4.60. The van der Waals surface area contributed by atoms with Gasteiger partial charge >= 0.3 is 5.69 Å². The van der Waals surface area contributed by atoms with Crippen LogP contribution in [0.3, 0.4) is 0 Å². The van der Waals surface area contributed by atoms with Crippen LogP contribution in [0.2, 0.25) is 0 Å². The van der Waals surface area contributed by atoms with Gasteiger partial charge in [-0.25, -0.2) is 4.79 Å². The lowest BCUT2D eigenvalue weighted by Crippen LogP contribution is -2.44. The molecule has 1 aromatic heterocycles. The highest BCUT2D eigenvalue weighted by atomic mass is 16.5. The number of nitrogens with one attached hydrogen (secondary N) is 1. The third kappa shape index (κ3) is 2.82. The smallest absolute Gasteiger partial charge is 0.328 e. The Balaban J connectivity index is 2.33. The van der Waals surface area contributed by atoms with Crippen molar-refractivity contribution in [3.05, 3.63) is 32.6 Å². The van der Waals surface area contributed by atoms with Gasteiger partial charge in [-0.15, -0.1) is 5.92 Å². The minimum absolute atomic E-state index is 0.174. The zero-order chi connectivity index (χ0) is 14.7. The maximum Gasteiger partial charge on any atom is 0.328 e. The molecule has 2 heterocycles. The SMILES string of the molecule is CC#Cc1cn(C2COC(CO)C(O)C2)c(=O)[nH]c1=O. The van der Waals surface area contributed by atoms with E-state index >= 15 is 0 Å². The zero-order valence-electron chi connectivity index (χ0n) is 11.0. The van der Waals surface area contributed by atoms with Crippen LogP contribution in [0.5, 0.6) is 0 Å². The highest BCUT2D eigenvalue weighted by Crippen LogP contribution is 2.22. The van der Waals surface area contributed by atoms with Crippen molar-refractivity contribution in [1.29, 1.82) is 0 Å². The Labute approximate surface area is 114 Å². The molecule has 108 valence electrons. The molecule has 0 bridgehead atoms. The molecular formula is C13H16N2O5. The Hall–Kier alpha value is -1.88. The Bertz CT molecular complexity index is 651. The number of aliphatic hydroxyl groups is 2. The predicted octanol–water partition coefficient (Wildman–Crippen LogP) is -1.41. The number of aliphatic hydroxyl groups excluding tert-OH is 2. The third-order valence-electron chi connectivity index (χ3n) is 3.25. The van der Waals surface area contributed by atoms with Gasteiger partial charge in [-0.05, 0) is 13.3 Å². The molecule has 1 fully saturated rings. The van der Waals surface area contributed by atoms with Gasteiger partial charge in [0, 0.05) is 6.20 Å². The van der Waals surface area contributed by atoms with Crippen LogP contribution in [0.15, 0.2) is 15.8 Å². The molecule has 7 heteroatoms. The highest BCUT2D eigenvalue weighted by molar-refractivity contribution is 5.28. The van der Waals surface area contributed by atoms with E-state index in [1.54, 1.807) is 6.92 Å². The highest BCUT2D eigenvalue weighted by Gasteiger charge is 2.31. The molecule has 7 nitrogen and oxygen atoms in total. The summed E-state index contributed by atoms with van der Waals surface area (Å²) in [6.45, 7) is 1.49. The number of aromatic nitrogens is 2. The molecule has 3 unspecified atom stereocenters. The molecule has 0 spiro atoms. The van der Waals surface area contributed by atoms with Crippen molar-refractivity contribution in [3.8, 4) is 11.8 Å². The Morgan fingerprint density at radius 1 is 1.55 bits per heavy atom. The second kappa shape index (κ2) is 6.05. The van der Waals surface area contributed by atoms with Crippen molar-refractivity contribution in [2.24, 2.45) is 0 Å². The summed E-state index contributed by atoms with van der Waals surface area (Å²) >= 11 is 0. The third-order valence-corrected chi connectivity index (χ3v) is 3.25. The van der Waals surface area contributed by atoms with Crippen LogP contribution < -0.4 is 11.2 Å². The summed E-state index contributed by atoms with van der Waals surface area (Å²) in [4.78, 5) is 25.6. The first kappa shape index (κ1) is 14.5. The molecule has 2 rings (SSSR count). The summed E-state index contributed by atoms with van der Waals surface area (Å²) in [7, 11) is 0. The fourth-order valence-electron chi connectivity index (χ4n) is 2.19. The maximum atomic E-state index is 11.8. The average molecular weight is 280 g/mol. The Morgan fingerprint density at radius 3 is 2.90 bits per heavy atom. The fourth-order valence-corrected chi connectivity index (χ4v) is 2.19. The van der Waals surface area contributed by atoms with Gasteiger partial charge in [0.2, 0.25) is 0 Å². The lowest BCUT2D eigenvalue weighted by Gasteiger charge is -2.33. The maximum absolute atomic E-state index is 11.8. The number of hydrogen-bond acceptors (Lipinski definition) is 5. The monoisotopic (exact) mass is 280 g/mol. The number of rotatable bonds is 2. The van der Waals surface area contributed by atoms with E-state index in [4.69, 9.17) is 9.84 Å². The topological polar surface area (TPSA) is 105 Å². The lowest BCUT2D eigenvalue weighted by molar-refractivity contribution is -0.113. The molecule has 3 N–H and O–H groups in total. The number of ether oxygens (including phenoxy) is 1. The summed E-state index contributed by atoms with van der Waals surface area (Å²) in [5.74, 6) is 5.22. The largest absolute Gasteiger partial charge is 0.394 e. The van der Waals surface area contributed by atoms with E-state index in [1.165, 1.54) is 10.8 Å². The summed E-state index contributed by atoms with van der Waals surface area (Å²) in [5, 5.41) is 18.8. The summed E-state index contributed by atoms with van der Waals surface area (Å²) in [6, 6.07) is -0.408. The van der Waals surface area contributed by atoms with Gasteiger partial charge in [0.1, 0.15) is 11.7 Å². The van der Waals surface area contributed by atoms with E-state index in [0.717, 1.165) is 0 Å². The number of nitrogens with zero attached hydrogens (tertiary/aromatic N) is 1. The van der Waals surface area contributed by atoms with E-state index in [9.17, 15) is 14.7 Å². The number of H-pyrrole nitrogens is 1. The molecule has 0 aromatic carbocycles. The fraction of sp³-hybridized carbons (Fsp3) is 0.538. The van der Waals surface area contributed by atoms with Crippen molar-refractivity contribution in [2.45, 2.75) is 31.6 Å². The molecule has 0 amide bonds. The van der Waals surface area contributed by atoms with E-state index < -0.39 is 29.5 Å². The normalized spacial score (nSPS) is 25.9. The van der Waals surface area contributed by atoms with Gasteiger partial charge in [-0.3, -0.25) is 14.3 Å². The molecule has 0 saturated carbocycles. The molecular weight excluding hydrogens is 264 g/mol. The first-order valence-electron chi connectivity index (χ1n) is 6.25. The number of aromatic amines is 1. The predicted molar refractivity (Wildman–Crippen MR) is 70.4 cm³/mol. The van der Waals surface area contributed by atoms with E-state index in [1.807, 2.05) is 0 Å². The molecule has 1 saturated heterocycles. The summed E-state index contributed by atoms with van der Waals surface area (Å²) in [5.41, 5.74) is -0.920. The second-order valence-electron chi connectivity index (χ2n) is 4.60. The van der Waals surface area contributed by atoms with Crippen molar-refractivity contribution in [1.82, 2.24) is 9.55 Å². The van der Waals surface area contributed by atoms with Crippen LogP contribution in [0.25, 0.3) is 0 Å². The van der Waals surface area contributed by atoms with Crippen LogP contribution in [-0.2, 0) is 4.74 Å². The molecule has 20 heavy (non-hydrogen) atoms. The van der Waals surface area contributed by atoms with E-state index in [2.05, 4.69) is 16.8 Å². The standard InChI is InChI=1S/C13H16N2O5/c1-2-3-8-5-15(13(19)14-12(8)18)9-4-10(17)11(6-16)20-7-9/h5,9-11,16-17H,4,6-7H2,1H3,(H,14,18,19). The first-order chi connectivity index (χ1) is 9.56. The zero-order valence-corrected chi connectivity index (χ0v) is 11.0. The van der Waals surface area contributed by atoms with Gasteiger partial charge in [0.25, 0.3) is 5.56 Å². The van der Waals surface area contributed by atoms with Crippen molar-refractivity contribution in [3.63, 3.8) is 0 Å². The lowest BCUT2D eigenvalue weighted by atomic mass is 10.0. The minimum Gasteiger partial charge on any atom is -0.394 e. The molecule has 1 aromatic rings. The van der Waals surface area contributed by atoms with E-state index in [-0.39, 0.29) is 25.2 Å². The van der Waals surface area contributed by atoms with Crippen molar-refractivity contribution in [2.75, 3.05) is 13.2 Å². The van der Waals surface area contributed by atoms with E-state index in [0.29, 0.717) is 0 Å². The first-order valence-corrected chi connectivity index (χ1v) is 6.25. The van der Waals surface area contributed by atoms with Crippen LogP contribution in [-0.4, -0.2) is 45.2 Å². The summed E-state index contributed by atoms with van der Waals surface area (Å²) in [6.07, 6.45) is 0.131. The Morgan fingerprint density at radius 2 is 2.30 bits per heavy atom. The van der Waals surface area contributed by atoms with Gasteiger partial charge in [-0.2, -0.15) is 0 Å². The van der Waals surface area contributed by atoms with Gasteiger partial charge in [0.15, 0.2) is 0 Å². The van der Waals surface area contributed by atoms with Crippen LogP contribution in [0, 0.1) is 11.8 Å². The van der Waals surface area contributed by atoms with Gasteiger partial charge in [-0.1, -0.05) is 5.92 Å². The quantitative estimate of drug-likeness (QED) is 0.577. The molecule has 1 aliphatic heterocycles. The summed E-state index contributed by atoms with van der Waals surface area (Å²) < 4.78 is 6.61. The molecule has 1 aliphatic rings. The van der Waals surface area contributed by atoms with Crippen molar-refractivity contribution < 1.29 is 14.9 Å². The van der Waals surface area contributed by atoms with Crippen LogP contribution in [0.1, 0.15) is 24.9 Å². The molecule has 0 aliphatic carbocycles. The molecule has 0 radical (unpaired) electrons. The van der Waals surface area contributed by atoms with Crippen LogP contribution >= 0.6 is 0 Å². The molecule has 3 atom stereocenters. The minimum atomic E-state index is -0.863. The van der Waals surface area contributed by atoms with Gasteiger partial charge in [0.05, 0.1) is 25.4 Å². The van der Waals surface area contributed by atoms with Crippen LogP contribution in [0.4, 0.5) is 0 Å². The Kier molecular flexibility index (Phi) is 4.39.